The molecule has 2 N–H and O–H groups in total. The number of methoxy groups -OCH3 is 1. The number of nitrogens with zero attached hydrogens (tertiary/aromatic N) is 1. The number of alkyl halides is 2. The highest BCUT2D eigenvalue weighted by atomic mass is 19.3. The molecule has 2 amide bonds. The molecule has 3 rings (SSSR count). The van der Waals surface area contributed by atoms with Crippen LogP contribution in [0.3, 0.4) is 0 Å². The lowest BCUT2D eigenvalue weighted by Crippen LogP contribution is -2.53. The van der Waals surface area contributed by atoms with E-state index in [2.05, 4.69) is 5.32 Å². The van der Waals surface area contributed by atoms with Crippen LogP contribution in [0.15, 0.2) is 18.2 Å². The molecule has 2 aliphatic rings. The van der Waals surface area contributed by atoms with Crippen molar-refractivity contribution in [2.75, 3.05) is 26.8 Å². The monoisotopic (exact) mass is 356 g/mol. The van der Waals surface area contributed by atoms with Crippen molar-refractivity contribution in [1.82, 2.24) is 10.2 Å². The van der Waals surface area contributed by atoms with Gasteiger partial charge in [0.15, 0.2) is 0 Å². The third-order valence-electron chi connectivity index (χ3n) is 4.88. The van der Waals surface area contributed by atoms with Gasteiger partial charge in [-0.3, -0.25) is 0 Å². The molecule has 0 bridgehead atoms. The number of carbonyl (C=O) groups excluding carboxylic acids is 1. The Hall–Kier alpha value is -2.09. The quantitative estimate of drug-likeness (QED) is 0.872. The minimum atomic E-state index is -2.80. The second-order valence-electron chi connectivity index (χ2n) is 6.43. The highest BCUT2D eigenvalue weighted by Gasteiger charge is 2.42. The molecule has 1 atom stereocenters. The number of nitrogens with one attached hydrogen (secondary N) is 1. The molecule has 0 saturated carbocycles. The van der Waals surface area contributed by atoms with E-state index in [1.54, 1.807) is 19.2 Å². The standard InChI is InChI=1S/C17H22F2N2O4/c1-24-11-2-3-14-12(10-11)13(4-9-25-14)20-16(22)21-7-5-17(23,6-8-21)15(18)19/h2-3,10,13,15,23H,4-9H2,1H3,(H,20,22)/t13-/m0/s1. The SMILES string of the molecule is COc1ccc2c(c1)[C@@H](NC(=O)N1CCC(O)(C(F)F)CC1)CCO2. The maximum atomic E-state index is 12.8. The molecule has 2 aliphatic heterocycles. The highest BCUT2D eigenvalue weighted by molar-refractivity contribution is 5.75. The van der Waals surface area contributed by atoms with Crippen LogP contribution in [0.1, 0.15) is 30.9 Å². The molecule has 0 unspecified atom stereocenters. The Morgan fingerprint density at radius 3 is 2.80 bits per heavy atom. The first-order valence-corrected chi connectivity index (χ1v) is 8.29. The van der Waals surface area contributed by atoms with Crippen LogP contribution in [0.5, 0.6) is 11.5 Å². The fourth-order valence-corrected chi connectivity index (χ4v) is 3.21. The van der Waals surface area contributed by atoms with Crippen molar-refractivity contribution >= 4 is 6.03 Å². The Morgan fingerprint density at radius 1 is 1.44 bits per heavy atom. The third-order valence-corrected chi connectivity index (χ3v) is 4.88. The number of likely N-dealkylation sites (tertiary alicyclic amines) is 1. The van der Waals surface area contributed by atoms with Crippen molar-refractivity contribution in [1.29, 1.82) is 0 Å². The summed E-state index contributed by atoms with van der Waals surface area (Å²) in [6.07, 6.45) is -2.44. The number of halogens is 2. The average molecular weight is 356 g/mol. The molecule has 0 aromatic heterocycles. The first-order chi connectivity index (χ1) is 11.9. The van der Waals surface area contributed by atoms with Crippen LogP contribution in [0, 0.1) is 0 Å². The van der Waals surface area contributed by atoms with Gasteiger partial charge in [0.05, 0.1) is 19.8 Å². The van der Waals surface area contributed by atoms with Crippen LogP contribution in [0.4, 0.5) is 13.6 Å². The highest BCUT2D eigenvalue weighted by Crippen LogP contribution is 2.35. The summed E-state index contributed by atoms with van der Waals surface area (Å²) in [6, 6.07) is 4.86. The van der Waals surface area contributed by atoms with E-state index in [0.29, 0.717) is 24.5 Å². The van der Waals surface area contributed by atoms with Gasteiger partial charge < -0.3 is 24.8 Å². The number of hydrogen-bond acceptors (Lipinski definition) is 4. The molecule has 2 heterocycles. The average Bonchev–Trinajstić information content (AvgIpc) is 2.62. The predicted octanol–water partition coefficient (Wildman–Crippen LogP) is 2.32. The maximum absolute atomic E-state index is 12.8. The number of amides is 2. The van der Waals surface area contributed by atoms with Gasteiger partial charge in [-0.2, -0.15) is 0 Å². The topological polar surface area (TPSA) is 71.0 Å². The van der Waals surface area contributed by atoms with E-state index in [1.165, 1.54) is 4.90 Å². The van der Waals surface area contributed by atoms with Crippen molar-refractivity contribution in [3.05, 3.63) is 23.8 Å². The molecule has 6 nitrogen and oxygen atoms in total. The Morgan fingerprint density at radius 2 is 2.16 bits per heavy atom. The van der Waals surface area contributed by atoms with Gasteiger partial charge in [-0.05, 0) is 31.0 Å². The largest absolute Gasteiger partial charge is 0.497 e. The van der Waals surface area contributed by atoms with E-state index in [9.17, 15) is 18.7 Å². The molecule has 8 heteroatoms. The number of hydrogen-bond donors (Lipinski definition) is 2. The zero-order chi connectivity index (χ0) is 18.0. The lowest BCUT2D eigenvalue weighted by molar-refractivity contribution is -0.122. The van der Waals surface area contributed by atoms with E-state index in [4.69, 9.17) is 9.47 Å². The third kappa shape index (κ3) is 3.63. The Kier molecular flexibility index (Phi) is 4.99. The summed E-state index contributed by atoms with van der Waals surface area (Å²) in [4.78, 5) is 13.9. The zero-order valence-corrected chi connectivity index (χ0v) is 14.0. The van der Waals surface area contributed by atoms with Crippen molar-refractivity contribution in [3.63, 3.8) is 0 Å². The summed E-state index contributed by atoms with van der Waals surface area (Å²) < 4.78 is 36.5. The van der Waals surface area contributed by atoms with Crippen LogP contribution in [-0.2, 0) is 0 Å². The van der Waals surface area contributed by atoms with E-state index in [0.717, 1.165) is 5.56 Å². The number of carbonyl (C=O) groups is 1. The Bertz CT molecular complexity index is 633. The number of urea groups is 1. The maximum Gasteiger partial charge on any atom is 0.317 e. The first kappa shape index (κ1) is 17.7. The van der Waals surface area contributed by atoms with Gasteiger partial charge in [0.2, 0.25) is 0 Å². The summed E-state index contributed by atoms with van der Waals surface area (Å²) in [5.41, 5.74) is -1.16. The molecule has 0 aliphatic carbocycles. The number of rotatable bonds is 3. The van der Waals surface area contributed by atoms with Crippen molar-refractivity contribution in [2.45, 2.75) is 37.3 Å². The molecule has 1 aromatic carbocycles. The predicted molar refractivity (Wildman–Crippen MR) is 86.1 cm³/mol. The zero-order valence-electron chi connectivity index (χ0n) is 14.0. The van der Waals surface area contributed by atoms with Crippen molar-refractivity contribution < 1.29 is 28.2 Å². The first-order valence-electron chi connectivity index (χ1n) is 8.29. The normalized spacial score (nSPS) is 22.1. The second-order valence-corrected chi connectivity index (χ2v) is 6.43. The number of piperidine rings is 1. The van der Waals surface area contributed by atoms with Gasteiger partial charge in [-0.15, -0.1) is 0 Å². The minimum absolute atomic E-state index is 0.0981. The van der Waals surface area contributed by atoms with E-state index < -0.39 is 12.0 Å². The van der Waals surface area contributed by atoms with Gasteiger partial charge in [-0.25, -0.2) is 13.6 Å². The number of aliphatic hydroxyl groups is 1. The van der Waals surface area contributed by atoms with Gasteiger partial charge in [0.25, 0.3) is 6.43 Å². The van der Waals surface area contributed by atoms with Crippen LogP contribution >= 0.6 is 0 Å². The molecule has 0 spiro atoms. The summed E-state index contributed by atoms with van der Waals surface area (Å²) in [5, 5.41) is 12.8. The van der Waals surface area contributed by atoms with Gasteiger partial charge >= 0.3 is 6.03 Å². The number of fused-ring (bicyclic) bond motifs is 1. The van der Waals surface area contributed by atoms with Crippen LogP contribution in [0.2, 0.25) is 0 Å². The van der Waals surface area contributed by atoms with Crippen LogP contribution in [-0.4, -0.2) is 54.9 Å². The Labute approximate surface area is 144 Å². The molecule has 0 radical (unpaired) electrons. The van der Waals surface area contributed by atoms with Crippen LogP contribution < -0.4 is 14.8 Å². The second kappa shape index (κ2) is 7.03. The summed E-state index contributed by atoms with van der Waals surface area (Å²) in [5.74, 6) is 1.37. The number of benzene rings is 1. The van der Waals surface area contributed by atoms with Gasteiger partial charge in [0.1, 0.15) is 17.1 Å². The number of ether oxygens (including phenoxy) is 2. The lowest BCUT2D eigenvalue weighted by Gasteiger charge is -2.38. The Balaban J connectivity index is 1.65. The van der Waals surface area contributed by atoms with E-state index >= 15 is 0 Å². The lowest BCUT2D eigenvalue weighted by atomic mass is 9.92. The van der Waals surface area contributed by atoms with Gasteiger partial charge in [-0.1, -0.05) is 0 Å². The fraction of sp³-hybridized carbons (Fsp3) is 0.588. The molecule has 1 saturated heterocycles. The van der Waals surface area contributed by atoms with Crippen molar-refractivity contribution in [2.24, 2.45) is 0 Å². The molecule has 1 aromatic rings. The smallest absolute Gasteiger partial charge is 0.317 e. The van der Waals surface area contributed by atoms with Gasteiger partial charge in [0, 0.05) is 25.1 Å². The molecule has 25 heavy (non-hydrogen) atoms. The fourth-order valence-electron chi connectivity index (χ4n) is 3.21. The minimum Gasteiger partial charge on any atom is -0.497 e. The molecule has 138 valence electrons. The van der Waals surface area contributed by atoms with E-state index in [1.807, 2.05) is 6.07 Å². The molecular formula is C17H22F2N2O4. The molecule has 1 fully saturated rings. The van der Waals surface area contributed by atoms with Crippen molar-refractivity contribution in [3.8, 4) is 11.5 Å². The summed E-state index contributed by atoms with van der Waals surface area (Å²) in [6.45, 7) is 0.678. The van der Waals surface area contributed by atoms with E-state index in [-0.39, 0.29) is 38.0 Å². The van der Waals surface area contributed by atoms with Crippen LogP contribution in [0.25, 0.3) is 0 Å². The molecular weight excluding hydrogens is 334 g/mol. The summed E-state index contributed by atoms with van der Waals surface area (Å²) >= 11 is 0. The summed E-state index contributed by atoms with van der Waals surface area (Å²) in [7, 11) is 1.57.